The number of fused-ring (bicyclic) bond motifs is 6. The lowest BCUT2D eigenvalue weighted by atomic mass is 9.80. The van der Waals surface area contributed by atoms with Gasteiger partial charge in [-0.05, 0) is 115 Å². The number of halogens is 3. The Kier molecular flexibility index (Phi) is 8.85. The number of methoxy groups -OCH3 is 1. The molecule has 284 valence electrons. The molecule has 3 fully saturated rings. The van der Waals surface area contributed by atoms with Gasteiger partial charge in [-0.2, -0.15) is 21.6 Å². The van der Waals surface area contributed by atoms with Gasteiger partial charge in [0.05, 0.1) is 25.0 Å². The standard InChI is InChI=1S/C39H45F3N4O6S/c1-21(2)34(45-37(48)51-3)36(47)46-16-6-7-30(46)35-43-20-29(44-35)26-11-10-25(32-22-8-9-23(17-22)33(26)32)24-12-13-31(52-53(49,50)39(40,41)42)28-19-38(18-27(24)28)14-4-5-15-38/h10-13,20-23,30,34H,4-9,14-19H2,1-3H3,(H,43,44)(H,45,48)/t22?,23?,30-,34-/m0/s1. The van der Waals surface area contributed by atoms with Crippen molar-refractivity contribution in [3.05, 3.63) is 58.5 Å². The fourth-order valence-electron chi connectivity index (χ4n) is 10.2. The number of H-pyrrole nitrogens is 1. The first-order chi connectivity index (χ1) is 25.2. The minimum atomic E-state index is -5.82. The second-order valence-electron chi connectivity index (χ2n) is 16.0. The number of likely N-dealkylation sites (tertiary alicyclic amines) is 1. The summed E-state index contributed by atoms with van der Waals surface area (Å²) in [6.45, 7) is 4.32. The van der Waals surface area contributed by atoms with Crippen LogP contribution in [-0.4, -0.2) is 60.5 Å². The van der Waals surface area contributed by atoms with E-state index in [1.165, 1.54) is 24.3 Å². The molecule has 5 aliphatic rings. The van der Waals surface area contributed by atoms with Gasteiger partial charge in [0.1, 0.15) is 17.6 Å². The van der Waals surface area contributed by atoms with Gasteiger partial charge in [-0.25, -0.2) is 9.78 Å². The van der Waals surface area contributed by atoms with E-state index in [9.17, 15) is 31.2 Å². The molecular formula is C39H45F3N4O6S. The molecule has 2 aromatic carbocycles. The van der Waals surface area contributed by atoms with Gasteiger partial charge in [0, 0.05) is 17.7 Å². The number of aromatic nitrogens is 2. The summed E-state index contributed by atoms with van der Waals surface area (Å²) in [7, 11) is -4.54. The van der Waals surface area contributed by atoms with Crippen molar-refractivity contribution in [2.75, 3.05) is 13.7 Å². The molecule has 8 rings (SSSR count). The van der Waals surface area contributed by atoms with Crippen molar-refractivity contribution in [3.63, 3.8) is 0 Å². The van der Waals surface area contributed by atoms with E-state index >= 15 is 0 Å². The van der Waals surface area contributed by atoms with Crippen LogP contribution in [0.2, 0.25) is 0 Å². The van der Waals surface area contributed by atoms with Crippen LogP contribution in [-0.2, 0) is 32.5 Å². The topological polar surface area (TPSA) is 131 Å². The highest BCUT2D eigenvalue weighted by Crippen LogP contribution is 2.60. The predicted molar refractivity (Wildman–Crippen MR) is 191 cm³/mol. The van der Waals surface area contributed by atoms with Gasteiger partial charge in [0.25, 0.3) is 0 Å². The number of aromatic amines is 1. The number of hydrogen-bond acceptors (Lipinski definition) is 7. The molecule has 2 heterocycles. The Labute approximate surface area is 307 Å². The fraction of sp³-hybridized carbons (Fsp3) is 0.564. The van der Waals surface area contributed by atoms with E-state index in [1.54, 1.807) is 11.0 Å². The molecule has 53 heavy (non-hydrogen) atoms. The van der Waals surface area contributed by atoms with E-state index in [1.807, 2.05) is 20.0 Å². The molecule has 1 saturated heterocycles. The van der Waals surface area contributed by atoms with E-state index < -0.39 is 27.8 Å². The summed E-state index contributed by atoms with van der Waals surface area (Å²) < 4.78 is 74.2. The minimum absolute atomic E-state index is 0.104. The molecule has 2 amide bonds. The maximum atomic E-state index is 13.7. The summed E-state index contributed by atoms with van der Waals surface area (Å²) in [4.78, 5) is 35.9. The quantitative estimate of drug-likeness (QED) is 0.176. The molecule has 2 unspecified atom stereocenters. The van der Waals surface area contributed by atoms with Crippen LogP contribution in [0.25, 0.3) is 22.4 Å². The smallest absolute Gasteiger partial charge is 0.453 e. The largest absolute Gasteiger partial charge is 0.534 e. The number of rotatable bonds is 8. The number of nitrogens with zero attached hydrogens (tertiary/aromatic N) is 2. The Bertz CT molecular complexity index is 2070. The Morgan fingerprint density at radius 2 is 1.62 bits per heavy atom. The number of amides is 2. The van der Waals surface area contributed by atoms with Gasteiger partial charge in [-0.3, -0.25) is 4.79 Å². The lowest BCUT2D eigenvalue weighted by molar-refractivity contribution is -0.135. The zero-order valence-corrected chi connectivity index (χ0v) is 31.0. The van der Waals surface area contributed by atoms with Crippen LogP contribution in [0.1, 0.15) is 118 Å². The van der Waals surface area contributed by atoms with Gasteiger partial charge in [0.15, 0.2) is 0 Å². The van der Waals surface area contributed by atoms with E-state index in [0.29, 0.717) is 42.6 Å². The number of nitrogens with one attached hydrogen (secondary N) is 2. The number of ether oxygens (including phenoxy) is 1. The number of alkyl carbamates (subject to hydrolysis) is 1. The third-order valence-electron chi connectivity index (χ3n) is 12.6. The number of benzene rings is 2. The molecule has 3 aromatic rings. The van der Waals surface area contributed by atoms with Crippen LogP contribution in [0.3, 0.4) is 0 Å². The number of carbonyl (C=O) groups excluding carboxylic acids is 2. The van der Waals surface area contributed by atoms with Gasteiger partial charge in [-0.15, -0.1) is 0 Å². The molecule has 1 spiro atoms. The molecule has 1 aromatic heterocycles. The second-order valence-corrected chi connectivity index (χ2v) is 17.6. The summed E-state index contributed by atoms with van der Waals surface area (Å²) in [6, 6.07) is 6.38. The van der Waals surface area contributed by atoms with Gasteiger partial charge >= 0.3 is 21.7 Å². The average molecular weight is 755 g/mol. The van der Waals surface area contributed by atoms with Crippen LogP contribution in [0.15, 0.2) is 30.5 Å². The molecule has 0 radical (unpaired) electrons. The summed E-state index contributed by atoms with van der Waals surface area (Å²) in [6.07, 6.45) is 11.0. The van der Waals surface area contributed by atoms with Crippen LogP contribution >= 0.6 is 0 Å². The predicted octanol–water partition coefficient (Wildman–Crippen LogP) is 8.04. The highest BCUT2D eigenvalue weighted by atomic mass is 32.2. The van der Waals surface area contributed by atoms with Crippen molar-refractivity contribution in [1.29, 1.82) is 0 Å². The summed E-state index contributed by atoms with van der Waals surface area (Å²) >= 11 is 0. The molecule has 4 atom stereocenters. The van der Waals surface area contributed by atoms with E-state index in [2.05, 4.69) is 22.4 Å². The Morgan fingerprint density at radius 3 is 2.30 bits per heavy atom. The molecule has 2 bridgehead atoms. The van der Waals surface area contributed by atoms with Crippen LogP contribution < -0.4 is 9.50 Å². The highest BCUT2D eigenvalue weighted by Gasteiger charge is 2.50. The van der Waals surface area contributed by atoms with Crippen LogP contribution in [0, 0.1) is 11.3 Å². The van der Waals surface area contributed by atoms with E-state index in [0.717, 1.165) is 85.7 Å². The molecule has 2 N–H and O–H groups in total. The van der Waals surface area contributed by atoms with Crippen LogP contribution in [0.4, 0.5) is 18.0 Å². The maximum absolute atomic E-state index is 13.7. The first-order valence-corrected chi connectivity index (χ1v) is 20.1. The molecule has 2 saturated carbocycles. The number of hydrogen-bond donors (Lipinski definition) is 2. The Morgan fingerprint density at radius 1 is 0.962 bits per heavy atom. The minimum Gasteiger partial charge on any atom is -0.453 e. The fourth-order valence-corrected chi connectivity index (χ4v) is 10.7. The number of alkyl halides is 3. The van der Waals surface area contributed by atoms with Crippen molar-refractivity contribution in [2.45, 2.75) is 114 Å². The van der Waals surface area contributed by atoms with E-state index in [-0.39, 0.29) is 29.0 Å². The third-order valence-corrected chi connectivity index (χ3v) is 13.6. The lowest BCUT2D eigenvalue weighted by Gasteiger charge is -2.30. The summed E-state index contributed by atoms with van der Waals surface area (Å²) in [5.41, 5.74) is 2.28. The van der Waals surface area contributed by atoms with Crippen molar-refractivity contribution in [2.24, 2.45) is 11.3 Å². The van der Waals surface area contributed by atoms with E-state index in [4.69, 9.17) is 13.9 Å². The summed E-state index contributed by atoms with van der Waals surface area (Å²) in [5.74, 6) is 0.845. The number of carbonyl (C=O) groups is 2. The molecular weight excluding hydrogens is 710 g/mol. The first kappa shape index (κ1) is 35.9. The molecule has 14 heteroatoms. The van der Waals surface area contributed by atoms with Crippen molar-refractivity contribution < 1.29 is 40.1 Å². The van der Waals surface area contributed by atoms with Crippen molar-refractivity contribution >= 4 is 22.1 Å². The molecule has 1 aliphatic heterocycles. The Balaban J connectivity index is 1.15. The Hall–Kier alpha value is -4.07. The van der Waals surface area contributed by atoms with Crippen molar-refractivity contribution in [3.8, 4) is 28.1 Å². The second kappa shape index (κ2) is 13.1. The first-order valence-electron chi connectivity index (χ1n) is 18.7. The highest BCUT2D eigenvalue weighted by molar-refractivity contribution is 7.88. The van der Waals surface area contributed by atoms with Gasteiger partial charge < -0.3 is 24.1 Å². The van der Waals surface area contributed by atoms with Crippen molar-refractivity contribution in [1.82, 2.24) is 20.2 Å². The number of imidazole rings is 1. The third kappa shape index (κ3) is 6.08. The lowest BCUT2D eigenvalue weighted by Crippen LogP contribution is -2.51. The SMILES string of the molecule is COC(=O)N[C@H](C(=O)N1CCC[C@H]1c1ncc(-c2ccc(-c3ccc(OS(=O)(=O)C(F)(F)F)c4c3CC3(CCCC3)C4)c3c2C2CCC3C2)[nH]1)C(C)C. The normalized spacial score (nSPS) is 23.5. The zero-order chi connectivity index (χ0) is 37.4. The molecule has 10 nitrogen and oxygen atoms in total. The average Bonchev–Trinajstić information content (AvgIpc) is 3.97. The maximum Gasteiger partial charge on any atom is 0.534 e. The van der Waals surface area contributed by atoms with Crippen LogP contribution in [0.5, 0.6) is 5.75 Å². The van der Waals surface area contributed by atoms with Gasteiger partial charge in [0.2, 0.25) is 5.91 Å². The zero-order valence-electron chi connectivity index (χ0n) is 30.1. The molecule has 4 aliphatic carbocycles. The monoisotopic (exact) mass is 754 g/mol. The van der Waals surface area contributed by atoms with Gasteiger partial charge in [-0.1, -0.05) is 44.9 Å². The summed E-state index contributed by atoms with van der Waals surface area (Å²) in [5, 5.41) is 2.69.